The number of benzene rings is 9. The molecule has 0 aliphatic carbocycles. The number of fused-ring (bicyclic) bond motifs is 9. The minimum atomic E-state index is 0.706. The first-order valence-corrected chi connectivity index (χ1v) is 21.4. The van der Waals surface area contributed by atoms with Crippen molar-refractivity contribution in [3.05, 3.63) is 212 Å². The molecular weight excluding hydrogens is 759 g/mol. The van der Waals surface area contributed by atoms with Crippen LogP contribution in [-0.4, -0.2) is 15.0 Å². The lowest BCUT2D eigenvalue weighted by Gasteiger charge is -2.14. The molecule has 12 rings (SSSR count). The molecule has 9 aromatic carbocycles. The number of hydrogen-bond donors (Lipinski definition) is 0. The van der Waals surface area contributed by atoms with Crippen LogP contribution in [0, 0.1) is 0 Å². The monoisotopic (exact) mass is 793 g/mol. The first-order chi connectivity index (χ1) is 30.2. The van der Waals surface area contributed by atoms with Gasteiger partial charge in [-0.25, -0.2) is 15.0 Å². The molecule has 4 heteroatoms. The third-order valence-corrected chi connectivity index (χ3v) is 13.1. The maximum absolute atomic E-state index is 5.43. The SMILES string of the molecule is c1ccc(-c2cc(-c3ccc(-c4sc5c(c(-c6ccccc6)nc6ccccc65)c4-c4ccc5c6ccccc6c6ccccc6c5c4)cc3)nc(-c3ccccc3)n2)cc1. The van der Waals surface area contributed by atoms with Gasteiger partial charge in [0, 0.05) is 48.2 Å². The van der Waals surface area contributed by atoms with E-state index in [0.717, 1.165) is 55.8 Å². The summed E-state index contributed by atoms with van der Waals surface area (Å²) >= 11 is 1.86. The van der Waals surface area contributed by atoms with Gasteiger partial charge in [-0.05, 0) is 61.6 Å². The first kappa shape index (κ1) is 35.2. The van der Waals surface area contributed by atoms with Crippen molar-refractivity contribution in [2.45, 2.75) is 0 Å². The van der Waals surface area contributed by atoms with Crippen molar-refractivity contribution in [2.24, 2.45) is 0 Å². The fraction of sp³-hybridized carbons (Fsp3) is 0. The second-order valence-electron chi connectivity index (χ2n) is 15.5. The zero-order chi connectivity index (χ0) is 40.3. The summed E-state index contributed by atoms with van der Waals surface area (Å²) in [5.41, 5.74) is 11.4. The van der Waals surface area contributed by atoms with Crippen LogP contribution in [0.2, 0.25) is 0 Å². The van der Waals surface area contributed by atoms with Crippen LogP contribution in [0.5, 0.6) is 0 Å². The highest BCUT2D eigenvalue weighted by molar-refractivity contribution is 7.24. The highest BCUT2D eigenvalue weighted by atomic mass is 32.1. The second-order valence-corrected chi connectivity index (χ2v) is 16.5. The Bertz CT molecular complexity index is 3520. The van der Waals surface area contributed by atoms with E-state index in [-0.39, 0.29) is 0 Å². The van der Waals surface area contributed by atoms with E-state index in [1.54, 1.807) is 0 Å². The predicted octanol–water partition coefficient (Wildman–Crippen LogP) is 15.7. The summed E-state index contributed by atoms with van der Waals surface area (Å²) in [6, 6.07) is 75.5. The molecule has 3 aromatic heterocycles. The Morgan fingerprint density at radius 3 is 1.39 bits per heavy atom. The van der Waals surface area contributed by atoms with Gasteiger partial charge in [0.15, 0.2) is 5.82 Å². The van der Waals surface area contributed by atoms with Crippen LogP contribution in [0.1, 0.15) is 0 Å². The van der Waals surface area contributed by atoms with Gasteiger partial charge in [0.2, 0.25) is 0 Å². The normalized spacial score (nSPS) is 11.6. The van der Waals surface area contributed by atoms with Gasteiger partial charge in [-0.2, -0.15) is 0 Å². The molecule has 0 N–H and O–H groups in total. The van der Waals surface area contributed by atoms with Crippen LogP contribution in [-0.2, 0) is 0 Å². The molecular formula is C57H35N3S. The van der Waals surface area contributed by atoms with Crippen molar-refractivity contribution in [3.63, 3.8) is 0 Å². The second kappa shape index (κ2) is 14.5. The molecule has 0 radical (unpaired) electrons. The Balaban J connectivity index is 1.11. The van der Waals surface area contributed by atoms with E-state index < -0.39 is 0 Å². The minimum absolute atomic E-state index is 0.706. The van der Waals surface area contributed by atoms with Crippen molar-refractivity contribution < 1.29 is 0 Å². The summed E-state index contributed by atoms with van der Waals surface area (Å²) in [6.45, 7) is 0. The molecule has 0 aliphatic heterocycles. The van der Waals surface area contributed by atoms with Gasteiger partial charge in [0.05, 0.1) is 22.6 Å². The number of nitrogens with zero attached hydrogens (tertiary/aromatic N) is 3. The van der Waals surface area contributed by atoms with Crippen molar-refractivity contribution in [1.29, 1.82) is 0 Å². The van der Waals surface area contributed by atoms with Gasteiger partial charge in [-0.15, -0.1) is 11.3 Å². The molecule has 0 bridgehead atoms. The van der Waals surface area contributed by atoms with Crippen molar-refractivity contribution >= 4 is 64.6 Å². The van der Waals surface area contributed by atoms with Gasteiger partial charge in [-0.3, -0.25) is 0 Å². The van der Waals surface area contributed by atoms with Gasteiger partial charge < -0.3 is 0 Å². The van der Waals surface area contributed by atoms with E-state index >= 15 is 0 Å². The van der Waals surface area contributed by atoms with Crippen LogP contribution in [0.3, 0.4) is 0 Å². The highest BCUT2D eigenvalue weighted by Gasteiger charge is 2.24. The van der Waals surface area contributed by atoms with Crippen molar-refractivity contribution in [2.75, 3.05) is 0 Å². The average molecular weight is 794 g/mol. The van der Waals surface area contributed by atoms with Crippen LogP contribution < -0.4 is 0 Å². The number of pyridine rings is 1. The summed E-state index contributed by atoms with van der Waals surface area (Å²) in [4.78, 5) is 16.8. The smallest absolute Gasteiger partial charge is 0.160 e. The van der Waals surface area contributed by atoms with Crippen LogP contribution in [0.25, 0.3) is 120 Å². The van der Waals surface area contributed by atoms with Gasteiger partial charge in [0.25, 0.3) is 0 Å². The molecule has 0 saturated carbocycles. The summed E-state index contributed by atoms with van der Waals surface area (Å²) in [5.74, 6) is 0.706. The van der Waals surface area contributed by atoms with E-state index in [0.29, 0.717) is 5.82 Å². The lowest BCUT2D eigenvalue weighted by atomic mass is 9.90. The van der Waals surface area contributed by atoms with E-state index in [2.05, 4.69) is 188 Å². The van der Waals surface area contributed by atoms with Crippen LogP contribution >= 0.6 is 11.3 Å². The van der Waals surface area contributed by atoms with E-state index in [9.17, 15) is 0 Å². The molecule has 3 heterocycles. The Labute approximate surface area is 356 Å². The number of aromatic nitrogens is 3. The van der Waals surface area contributed by atoms with Crippen LogP contribution in [0.4, 0.5) is 0 Å². The summed E-state index contributed by atoms with van der Waals surface area (Å²) in [7, 11) is 0. The number of thiophene rings is 1. The van der Waals surface area contributed by atoms with Crippen molar-refractivity contribution in [1.82, 2.24) is 15.0 Å². The Hall–Kier alpha value is -7.79. The molecule has 61 heavy (non-hydrogen) atoms. The van der Waals surface area contributed by atoms with Crippen LogP contribution in [0.15, 0.2) is 212 Å². The quantitative estimate of drug-likeness (QED) is 0.157. The molecule has 3 nitrogen and oxygen atoms in total. The molecule has 0 unspecified atom stereocenters. The first-order valence-electron chi connectivity index (χ1n) is 20.6. The van der Waals surface area contributed by atoms with Gasteiger partial charge in [-0.1, -0.05) is 194 Å². The van der Waals surface area contributed by atoms with Crippen molar-refractivity contribution in [3.8, 4) is 66.7 Å². The third kappa shape index (κ3) is 5.99. The topological polar surface area (TPSA) is 38.7 Å². The van der Waals surface area contributed by atoms with Gasteiger partial charge >= 0.3 is 0 Å². The zero-order valence-electron chi connectivity index (χ0n) is 33.0. The standard InChI is InChI=1S/C57H35N3S/c1-4-16-36(17-5-1)50-35-51(60-57(59-50)40-20-8-3-9-21-40)37-28-30-39(31-29-37)55-52(53-54(38-18-6-2-7-19-38)58-49-27-15-14-26-47(49)56(53)61-55)41-32-33-46-44-24-11-10-22-42(44)43-23-12-13-25-45(43)48(46)34-41/h1-35H. The minimum Gasteiger partial charge on any atom is -0.247 e. The van der Waals surface area contributed by atoms with E-state index in [1.807, 2.05) is 35.6 Å². The predicted molar refractivity (Wildman–Crippen MR) is 258 cm³/mol. The Morgan fingerprint density at radius 1 is 0.311 bits per heavy atom. The Morgan fingerprint density at radius 2 is 0.770 bits per heavy atom. The average Bonchev–Trinajstić information content (AvgIpc) is 3.76. The molecule has 0 fully saturated rings. The third-order valence-electron chi connectivity index (χ3n) is 11.9. The fourth-order valence-electron chi connectivity index (χ4n) is 8.99. The lowest BCUT2D eigenvalue weighted by Crippen LogP contribution is -1.95. The molecule has 0 saturated heterocycles. The maximum Gasteiger partial charge on any atom is 0.160 e. The fourth-order valence-corrected chi connectivity index (χ4v) is 10.4. The molecule has 12 aromatic rings. The molecule has 0 spiro atoms. The van der Waals surface area contributed by atoms with Gasteiger partial charge in [0.1, 0.15) is 0 Å². The lowest BCUT2D eigenvalue weighted by molar-refractivity contribution is 1.18. The maximum atomic E-state index is 5.43. The van der Waals surface area contributed by atoms with E-state index in [4.69, 9.17) is 15.0 Å². The van der Waals surface area contributed by atoms with E-state index in [1.165, 1.54) is 58.4 Å². The highest BCUT2D eigenvalue weighted by Crippen LogP contribution is 2.51. The number of hydrogen-bond acceptors (Lipinski definition) is 4. The summed E-state index contributed by atoms with van der Waals surface area (Å²) in [6.07, 6.45) is 0. The summed E-state index contributed by atoms with van der Waals surface area (Å²) < 4.78 is 1.23. The largest absolute Gasteiger partial charge is 0.247 e. The summed E-state index contributed by atoms with van der Waals surface area (Å²) in [5, 5.41) is 9.90. The molecule has 0 amide bonds. The Kier molecular flexibility index (Phi) is 8.36. The zero-order valence-corrected chi connectivity index (χ0v) is 33.8. The molecule has 0 aliphatic rings. The number of rotatable bonds is 6. The molecule has 0 atom stereocenters. The number of para-hydroxylation sites is 1. The molecule has 284 valence electrons.